The minimum absolute atomic E-state index is 0.0436. The lowest BCUT2D eigenvalue weighted by Crippen LogP contribution is -2.49. The predicted molar refractivity (Wildman–Crippen MR) is 111 cm³/mol. The van der Waals surface area contributed by atoms with E-state index >= 15 is 0 Å². The molecule has 0 saturated carbocycles. The number of pyridine rings is 1. The Morgan fingerprint density at radius 1 is 1.34 bits per heavy atom. The molecule has 2 amide bonds. The van der Waals surface area contributed by atoms with Gasteiger partial charge in [0.1, 0.15) is 0 Å². The number of rotatable bonds is 8. The highest BCUT2D eigenvalue weighted by Gasteiger charge is 2.40. The first-order chi connectivity index (χ1) is 14.1. The number of ether oxygens (including phenoxy) is 1. The lowest BCUT2D eigenvalue weighted by atomic mass is 9.83. The summed E-state index contributed by atoms with van der Waals surface area (Å²) >= 11 is 0. The quantitative estimate of drug-likeness (QED) is 0.672. The largest absolute Gasteiger partial charge is 0.379 e. The molecular formula is C22H34N4O3. The van der Waals surface area contributed by atoms with Gasteiger partial charge >= 0.3 is 0 Å². The van der Waals surface area contributed by atoms with Crippen molar-refractivity contribution in [1.29, 1.82) is 0 Å². The Kier molecular flexibility index (Phi) is 8.00. The first kappa shape index (κ1) is 21.7. The van der Waals surface area contributed by atoms with Crippen molar-refractivity contribution in [3.05, 3.63) is 30.1 Å². The van der Waals surface area contributed by atoms with Crippen LogP contribution >= 0.6 is 0 Å². The number of morpholine rings is 1. The first-order valence-electron chi connectivity index (χ1n) is 10.8. The fourth-order valence-corrected chi connectivity index (χ4v) is 4.27. The second kappa shape index (κ2) is 10.7. The van der Waals surface area contributed by atoms with Crippen LogP contribution < -0.4 is 5.32 Å². The molecule has 0 radical (unpaired) electrons. The summed E-state index contributed by atoms with van der Waals surface area (Å²) in [7, 11) is 0. The molecule has 1 N–H and O–H groups in total. The van der Waals surface area contributed by atoms with Crippen molar-refractivity contribution in [3.63, 3.8) is 0 Å². The van der Waals surface area contributed by atoms with Crippen molar-refractivity contribution in [2.75, 3.05) is 45.9 Å². The number of carbonyl (C=O) groups excluding carboxylic acids is 2. The van der Waals surface area contributed by atoms with Crippen LogP contribution in [0.1, 0.15) is 44.7 Å². The van der Waals surface area contributed by atoms with E-state index in [1.807, 2.05) is 17.0 Å². The molecule has 2 atom stereocenters. The summed E-state index contributed by atoms with van der Waals surface area (Å²) < 4.78 is 5.37. The van der Waals surface area contributed by atoms with Gasteiger partial charge in [-0.05, 0) is 36.9 Å². The van der Waals surface area contributed by atoms with Gasteiger partial charge in [-0.25, -0.2) is 0 Å². The van der Waals surface area contributed by atoms with Crippen LogP contribution in [0.15, 0.2) is 24.5 Å². The zero-order chi connectivity index (χ0) is 20.6. The molecule has 2 saturated heterocycles. The summed E-state index contributed by atoms with van der Waals surface area (Å²) in [5, 5.41) is 3.13. The summed E-state index contributed by atoms with van der Waals surface area (Å²) in [5.74, 6) is 0.276. The Bertz CT molecular complexity index is 661. The van der Waals surface area contributed by atoms with E-state index in [-0.39, 0.29) is 23.8 Å². The van der Waals surface area contributed by atoms with Crippen LogP contribution in [0.2, 0.25) is 0 Å². The zero-order valence-corrected chi connectivity index (χ0v) is 17.7. The Labute approximate surface area is 173 Å². The molecule has 1 aromatic heterocycles. The van der Waals surface area contributed by atoms with Crippen molar-refractivity contribution in [2.45, 2.75) is 39.2 Å². The van der Waals surface area contributed by atoms with Gasteiger partial charge in [-0.15, -0.1) is 0 Å². The molecule has 2 aliphatic heterocycles. The van der Waals surface area contributed by atoms with Gasteiger partial charge in [0.15, 0.2) is 0 Å². The minimum Gasteiger partial charge on any atom is -0.379 e. The van der Waals surface area contributed by atoms with Gasteiger partial charge in [0.25, 0.3) is 0 Å². The maximum Gasteiger partial charge on any atom is 0.225 e. The summed E-state index contributed by atoms with van der Waals surface area (Å²) in [6, 6.07) is 3.60. The van der Waals surface area contributed by atoms with Gasteiger partial charge in [0, 0.05) is 45.0 Å². The SMILES string of the molecule is CC(C)CN1C(=O)CC[C@@H](C(=O)NCCCN2CCOCC2)[C@@H]1c1cccnc1. The topological polar surface area (TPSA) is 74.8 Å². The number of hydrogen-bond donors (Lipinski definition) is 1. The molecule has 0 bridgehead atoms. The fourth-order valence-electron chi connectivity index (χ4n) is 4.27. The Morgan fingerprint density at radius 2 is 2.14 bits per heavy atom. The number of carbonyl (C=O) groups is 2. The van der Waals surface area contributed by atoms with Crippen LogP contribution in [0.4, 0.5) is 0 Å². The van der Waals surface area contributed by atoms with Crippen LogP contribution in [-0.4, -0.2) is 72.5 Å². The van der Waals surface area contributed by atoms with Crippen molar-refractivity contribution in [3.8, 4) is 0 Å². The summed E-state index contributed by atoms with van der Waals surface area (Å²) in [4.78, 5) is 34.2. The molecule has 3 rings (SSSR count). The smallest absolute Gasteiger partial charge is 0.225 e. The van der Waals surface area contributed by atoms with Gasteiger partial charge in [-0.1, -0.05) is 19.9 Å². The van der Waals surface area contributed by atoms with E-state index in [0.29, 0.717) is 31.8 Å². The number of hydrogen-bond acceptors (Lipinski definition) is 5. The lowest BCUT2D eigenvalue weighted by molar-refractivity contribution is -0.144. The highest BCUT2D eigenvalue weighted by atomic mass is 16.5. The van der Waals surface area contributed by atoms with E-state index < -0.39 is 0 Å². The second-order valence-corrected chi connectivity index (χ2v) is 8.41. The normalized spacial score (nSPS) is 23.4. The van der Waals surface area contributed by atoms with Crippen LogP contribution in [-0.2, 0) is 14.3 Å². The summed E-state index contributed by atoms with van der Waals surface area (Å²) in [6.45, 7) is 9.99. The zero-order valence-electron chi connectivity index (χ0n) is 17.7. The van der Waals surface area contributed by atoms with E-state index in [1.54, 1.807) is 12.4 Å². The number of piperidine rings is 1. The number of nitrogens with zero attached hydrogens (tertiary/aromatic N) is 3. The molecule has 3 heterocycles. The van der Waals surface area contributed by atoms with Crippen LogP contribution in [0, 0.1) is 11.8 Å². The van der Waals surface area contributed by atoms with E-state index in [1.165, 1.54) is 0 Å². The molecular weight excluding hydrogens is 368 g/mol. The number of aromatic nitrogens is 1. The molecule has 0 spiro atoms. The predicted octanol–water partition coefficient (Wildman–Crippen LogP) is 1.86. The molecule has 7 heteroatoms. The third-order valence-electron chi connectivity index (χ3n) is 5.69. The molecule has 2 aliphatic rings. The van der Waals surface area contributed by atoms with E-state index in [4.69, 9.17) is 4.74 Å². The molecule has 29 heavy (non-hydrogen) atoms. The lowest BCUT2D eigenvalue weighted by Gasteiger charge is -2.41. The minimum atomic E-state index is -0.244. The molecule has 160 valence electrons. The van der Waals surface area contributed by atoms with Crippen LogP contribution in [0.25, 0.3) is 0 Å². The number of nitrogens with one attached hydrogen (secondary N) is 1. The Hall–Kier alpha value is -1.99. The second-order valence-electron chi connectivity index (χ2n) is 8.41. The van der Waals surface area contributed by atoms with E-state index in [9.17, 15) is 9.59 Å². The molecule has 0 aromatic carbocycles. The third kappa shape index (κ3) is 6.00. The molecule has 1 aromatic rings. The Balaban J connectivity index is 1.63. The highest BCUT2D eigenvalue weighted by Crippen LogP contribution is 2.37. The number of likely N-dealkylation sites (tertiary alicyclic amines) is 1. The van der Waals surface area contributed by atoms with Gasteiger partial charge in [-0.3, -0.25) is 19.5 Å². The van der Waals surface area contributed by atoms with Crippen LogP contribution in [0.5, 0.6) is 0 Å². The van der Waals surface area contributed by atoms with Crippen LogP contribution in [0.3, 0.4) is 0 Å². The molecule has 2 fully saturated rings. The fraction of sp³-hybridized carbons (Fsp3) is 0.682. The maximum atomic E-state index is 13.1. The first-order valence-corrected chi connectivity index (χ1v) is 10.8. The van der Waals surface area contributed by atoms with E-state index in [0.717, 1.165) is 44.8 Å². The van der Waals surface area contributed by atoms with Gasteiger partial charge in [-0.2, -0.15) is 0 Å². The van der Waals surface area contributed by atoms with Crippen molar-refractivity contribution in [1.82, 2.24) is 20.1 Å². The molecule has 7 nitrogen and oxygen atoms in total. The summed E-state index contributed by atoms with van der Waals surface area (Å²) in [5.41, 5.74) is 0.940. The third-order valence-corrected chi connectivity index (χ3v) is 5.69. The number of amides is 2. The molecule has 0 aliphatic carbocycles. The standard InChI is InChI=1S/C22H34N4O3/c1-17(2)16-26-20(27)7-6-19(21(26)18-5-3-8-23-15-18)22(28)24-9-4-10-25-11-13-29-14-12-25/h3,5,8,15,17,19,21H,4,6-7,9-14,16H2,1-2H3,(H,24,28)/t19-,21+/m1/s1. The average Bonchev–Trinajstić information content (AvgIpc) is 2.73. The van der Waals surface area contributed by atoms with Crippen molar-refractivity contribution in [2.24, 2.45) is 11.8 Å². The Morgan fingerprint density at radius 3 is 2.83 bits per heavy atom. The monoisotopic (exact) mass is 402 g/mol. The van der Waals surface area contributed by atoms with Crippen molar-refractivity contribution < 1.29 is 14.3 Å². The van der Waals surface area contributed by atoms with Gasteiger partial charge in [0.2, 0.25) is 11.8 Å². The van der Waals surface area contributed by atoms with Crippen molar-refractivity contribution >= 4 is 11.8 Å². The maximum absolute atomic E-state index is 13.1. The van der Waals surface area contributed by atoms with E-state index in [2.05, 4.69) is 29.0 Å². The van der Waals surface area contributed by atoms with Gasteiger partial charge < -0.3 is 15.0 Å². The summed E-state index contributed by atoms with van der Waals surface area (Å²) in [6.07, 6.45) is 5.44. The highest BCUT2D eigenvalue weighted by molar-refractivity contribution is 5.85. The molecule has 0 unspecified atom stereocenters. The van der Waals surface area contributed by atoms with Gasteiger partial charge in [0.05, 0.1) is 25.2 Å². The average molecular weight is 403 g/mol.